The molecule has 2 aromatic carbocycles. The molecule has 9 nitrogen and oxygen atoms in total. The van der Waals surface area contributed by atoms with Crippen LogP contribution in [0.4, 0.5) is 5.82 Å². The fourth-order valence-electron chi connectivity index (χ4n) is 3.79. The van der Waals surface area contributed by atoms with Gasteiger partial charge in [0.05, 0.1) is 19.1 Å². The molecule has 0 aliphatic carbocycles. The predicted molar refractivity (Wildman–Crippen MR) is 141 cm³/mol. The van der Waals surface area contributed by atoms with Crippen LogP contribution in [0.25, 0.3) is 11.1 Å². The zero-order valence-electron chi connectivity index (χ0n) is 20.5. The number of hydrogen-bond acceptors (Lipinski definition) is 6. The molecule has 194 valence electrons. The number of carbonyl (C=O) groups is 3. The second-order valence-electron chi connectivity index (χ2n) is 8.55. The Hall–Kier alpha value is -4.24. The standard InChI is InChI=1S/C28H32N4O5/c33-19-24(31-26(34)11-5-7-17-30-25-10-4-6-16-29-25)28(37)32-23(18-27(35)36)22-14-12-21(13-15-22)20-8-2-1-3-9-20/h1-4,6,8-10,12-16,23-24,33H,5,7,11,17-19H2,(H,29,30)(H,31,34)(H,32,37)(H,35,36)/t23?,24-/m1/s1. The maximum atomic E-state index is 12.8. The number of nitrogens with zero attached hydrogens (tertiary/aromatic N) is 1. The van der Waals surface area contributed by atoms with Crippen molar-refractivity contribution in [3.63, 3.8) is 0 Å². The molecule has 9 heteroatoms. The number of rotatable bonds is 14. The Bertz CT molecular complexity index is 1140. The van der Waals surface area contributed by atoms with Gasteiger partial charge in [-0.15, -0.1) is 0 Å². The Kier molecular flexibility index (Phi) is 10.6. The Morgan fingerprint density at radius 3 is 2.19 bits per heavy atom. The number of amides is 2. The number of hydrogen-bond donors (Lipinski definition) is 5. The molecule has 1 heterocycles. The zero-order chi connectivity index (χ0) is 26.5. The van der Waals surface area contributed by atoms with E-state index in [-0.39, 0.29) is 18.7 Å². The number of pyridine rings is 1. The third-order valence-corrected chi connectivity index (χ3v) is 5.75. The number of anilines is 1. The lowest BCUT2D eigenvalue weighted by molar-refractivity contribution is -0.138. The summed E-state index contributed by atoms with van der Waals surface area (Å²) in [6.07, 6.45) is 2.84. The number of aliphatic hydroxyl groups excluding tert-OH is 1. The molecular weight excluding hydrogens is 472 g/mol. The third-order valence-electron chi connectivity index (χ3n) is 5.75. The molecule has 5 N–H and O–H groups in total. The molecule has 0 aliphatic heterocycles. The van der Waals surface area contributed by atoms with Gasteiger partial charge in [-0.3, -0.25) is 14.4 Å². The summed E-state index contributed by atoms with van der Waals surface area (Å²) < 4.78 is 0. The maximum Gasteiger partial charge on any atom is 0.305 e. The van der Waals surface area contributed by atoms with E-state index in [1.807, 2.05) is 60.7 Å². The first kappa shape index (κ1) is 27.3. The summed E-state index contributed by atoms with van der Waals surface area (Å²) in [4.78, 5) is 40.7. The molecule has 3 aromatic rings. The highest BCUT2D eigenvalue weighted by atomic mass is 16.4. The Balaban J connectivity index is 1.51. The average molecular weight is 505 g/mol. The largest absolute Gasteiger partial charge is 0.481 e. The summed E-state index contributed by atoms with van der Waals surface area (Å²) in [5.41, 5.74) is 2.59. The third kappa shape index (κ3) is 9.05. The monoisotopic (exact) mass is 504 g/mol. The van der Waals surface area contributed by atoms with Crippen molar-refractivity contribution in [3.8, 4) is 11.1 Å². The topological polar surface area (TPSA) is 141 Å². The van der Waals surface area contributed by atoms with Crippen LogP contribution < -0.4 is 16.0 Å². The second-order valence-corrected chi connectivity index (χ2v) is 8.55. The van der Waals surface area contributed by atoms with Crippen LogP contribution in [0.2, 0.25) is 0 Å². The highest BCUT2D eigenvalue weighted by Crippen LogP contribution is 2.23. The van der Waals surface area contributed by atoms with Gasteiger partial charge in [-0.2, -0.15) is 0 Å². The van der Waals surface area contributed by atoms with E-state index in [0.717, 1.165) is 23.4 Å². The van der Waals surface area contributed by atoms with E-state index < -0.39 is 30.6 Å². The zero-order valence-corrected chi connectivity index (χ0v) is 20.5. The highest BCUT2D eigenvalue weighted by Gasteiger charge is 2.25. The molecule has 0 aliphatic rings. The van der Waals surface area contributed by atoms with E-state index in [1.165, 1.54) is 0 Å². The van der Waals surface area contributed by atoms with E-state index in [2.05, 4.69) is 20.9 Å². The lowest BCUT2D eigenvalue weighted by atomic mass is 9.99. The van der Waals surface area contributed by atoms with Gasteiger partial charge >= 0.3 is 5.97 Å². The van der Waals surface area contributed by atoms with Gasteiger partial charge in [0.25, 0.3) is 0 Å². The molecule has 3 rings (SSSR count). The predicted octanol–water partition coefficient (Wildman–Crippen LogP) is 3.14. The van der Waals surface area contributed by atoms with Crippen LogP contribution in [0.1, 0.15) is 37.3 Å². The average Bonchev–Trinajstić information content (AvgIpc) is 2.92. The summed E-state index contributed by atoms with van der Waals surface area (Å²) in [5, 5.41) is 27.4. The number of unbranched alkanes of at least 4 members (excludes halogenated alkanes) is 1. The Labute approximate surface area is 216 Å². The van der Waals surface area contributed by atoms with Gasteiger partial charge in [-0.05, 0) is 41.7 Å². The van der Waals surface area contributed by atoms with Gasteiger partial charge in [0.2, 0.25) is 11.8 Å². The molecule has 0 saturated carbocycles. The number of aliphatic hydroxyl groups is 1. The highest BCUT2D eigenvalue weighted by molar-refractivity contribution is 5.88. The smallest absolute Gasteiger partial charge is 0.305 e. The van der Waals surface area contributed by atoms with E-state index in [9.17, 15) is 24.6 Å². The van der Waals surface area contributed by atoms with Gasteiger partial charge in [-0.25, -0.2) is 4.98 Å². The lowest BCUT2D eigenvalue weighted by Gasteiger charge is -2.22. The summed E-state index contributed by atoms with van der Waals surface area (Å²) in [6, 6.07) is 20.5. The van der Waals surface area contributed by atoms with Crippen LogP contribution in [0.5, 0.6) is 0 Å². The fraction of sp³-hybridized carbons (Fsp3) is 0.286. The molecule has 2 amide bonds. The molecular formula is C28H32N4O5. The molecule has 0 saturated heterocycles. The minimum atomic E-state index is -1.18. The molecule has 1 unspecified atom stereocenters. The number of aliphatic carboxylic acids is 1. The summed E-state index contributed by atoms with van der Waals surface area (Å²) in [6.45, 7) is 0.0413. The molecule has 2 atom stereocenters. The van der Waals surface area contributed by atoms with Gasteiger partial charge in [0.1, 0.15) is 11.9 Å². The number of nitrogens with one attached hydrogen (secondary N) is 3. The van der Waals surface area contributed by atoms with Gasteiger partial charge in [0.15, 0.2) is 0 Å². The van der Waals surface area contributed by atoms with Crippen molar-refractivity contribution in [3.05, 3.63) is 84.6 Å². The van der Waals surface area contributed by atoms with Crippen molar-refractivity contribution in [2.75, 3.05) is 18.5 Å². The fourth-order valence-corrected chi connectivity index (χ4v) is 3.79. The van der Waals surface area contributed by atoms with E-state index >= 15 is 0 Å². The number of aromatic nitrogens is 1. The van der Waals surface area contributed by atoms with Gasteiger partial charge in [0, 0.05) is 19.2 Å². The molecule has 0 radical (unpaired) electrons. The summed E-state index contributed by atoms with van der Waals surface area (Å²) in [5.74, 6) is -1.34. The van der Waals surface area contributed by atoms with Crippen LogP contribution in [0.3, 0.4) is 0 Å². The van der Waals surface area contributed by atoms with Crippen LogP contribution in [0.15, 0.2) is 79.0 Å². The van der Waals surface area contributed by atoms with Crippen LogP contribution in [0, 0.1) is 0 Å². The van der Waals surface area contributed by atoms with E-state index in [4.69, 9.17) is 0 Å². The van der Waals surface area contributed by atoms with Gasteiger partial charge in [-0.1, -0.05) is 60.7 Å². The normalized spacial score (nSPS) is 12.2. The first-order valence-corrected chi connectivity index (χ1v) is 12.2. The number of carboxylic acid groups (broad SMARTS) is 1. The van der Waals surface area contributed by atoms with Crippen molar-refractivity contribution >= 4 is 23.6 Å². The summed E-state index contributed by atoms with van der Waals surface area (Å²) in [7, 11) is 0. The van der Waals surface area contributed by atoms with E-state index in [1.54, 1.807) is 18.3 Å². The Morgan fingerprint density at radius 2 is 1.54 bits per heavy atom. The number of carbonyl (C=O) groups excluding carboxylic acids is 2. The quantitative estimate of drug-likeness (QED) is 0.212. The van der Waals surface area contributed by atoms with E-state index in [0.29, 0.717) is 18.5 Å². The summed E-state index contributed by atoms with van der Waals surface area (Å²) >= 11 is 0. The minimum Gasteiger partial charge on any atom is -0.481 e. The molecule has 1 aromatic heterocycles. The SMILES string of the molecule is O=C(O)CC(NC(=O)[C@@H](CO)NC(=O)CCCCNc1ccccn1)c1ccc(-c2ccccc2)cc1. The molecule has 37 heavy (non-hydrogen) atoms. The van der Waals surface area contributed by atoms with Crippen molar-refractivity contribution in [2.45, 2.75) is 37.8 Å². The first-order valence-electron chi connectivity index (χ1n) is 12.2. The van der Waals surface area contributed by atoms with Crippen molar-refractivity contribution < 1.29 is 24.6 Å². The maximum absolute atomic E-state index is 12.8. The van der Waals surface area contributed by atoms with Crippen molar-refractivity contribution in [1.29, 1.82) is 0 Å². The van der Waals surface area contributed by atoms with Gasteiger partial charge < -0.3 is 26.2 Å². The lowest BCUT2D eigenvalue weighted by Crippen LogP contribution is -2.49. The van der Waals surface area contributed by atoms with Crippen LogP contribution in [-0.2, 0) is 14.4 Å². The molecule has 0 bridgehead atoms. The number of carboxylic acids is 1. The Morgan fingerprint density at radius 1 is 0.838 bits per heavy atom. The van der Waals surface area contributed by atoms with Crippen LogP contribution >= 0.6 is 0 Å². The molecule has 0 spiro atoms. The minimum absolute atomic E-state index is 0.188. The molecule has 0 fully saturated rings. The number of benzene rings is 2. The van der Waals surface area contributed by atoms with Crippen molar-refractivity contribution in [1.82, 2.24) is 15.6 Å². The first-order chi connectivity index (χ1) is 18.0. The van der Waals surface area contributed by atoms with Crippen LogP contribution in [-0.4, -0.2) is 52.2 Å². The van der Waals surface area contributed by atoms with Crippen molar-refractivity contribution in [2.24, 2.45) is 0 Å². The second kappa shape index (κ2) is 14.4.